The number of benzene rings is 3. The molecule has 0 atom stereocenters. The van der Waals surface area contributed by atoms with E-state index in [-0.39, 0.29) is 23.0 Å². The SMILES string of the molecule is COc1ccc(C(=O)Oc2ccc3c(c2)O/C(=C/c2cccc(F)c2)C3=O)cc1. The van der Waals surface area contributed by atoms with Gasteiger partial charge in [-0.05, 0) is 60.2 Å². The van der Waals surface area contributed by atoms with Crippen molar-refractivity contribution >= 4 is 17.8 Å². The number of esters is 1. The molecule has 1 heterocycles. The summed E-state index contributed by atoms with van der Waals surface area (Å²) in [7, 11) is 1.54. The van der Waals surface area contributed by atoms with Gasteiger partial charge in [0.05, 0.1) is 18.2 Å². The lowest BCUT2D eigenvalue weighted by Crippen LogP contribution is -2.08. The largest absolute Gasteiger partial charge is 0.497 e. The Morgan fingerprint density at radius 1 is 1.00 bits per heavy atom. The summed E-state index contributed by atoms with van der Waals surface area (Å²) >= 11 is 0. The molecule has 29 heavy (non-hydrogen) atoms. The molecule has 0 aliphatic carbocycles. The van der Waals surface area contributed by atoms with Gasteiger partial charge < -0.3 is 14.2 Å². The second kappa shape index (κ2) is 7.59. The predicted molar refractivity (Wildman–Crippen MR) is 104 cm³/mol. The van der Waals surface area contributed by atoms with E-state index in [1.54, 1.807) is 36.4 Å². The maximum Gasteiger partial charge on any atom is 0.343 e. The van der Waals surface area contributed by atoms with Crippen molar-refractivity contribution in [1.29, 1.82) is 0 Å². The molecule has 0 spiro atoms. The standard InChI is InChI=1S/C23H15FO5/c1-27-17-7-5-15(6-8-17)23(26)28-18-9-10-19-20(13-18)29-21(22(19)25)12-14-3-2-4-16(24)11-14/h2-13H,1H3/b21-12+. The van der Waals surface area contributed by atoms with Crippen LogP contribution in [0, 0.1) is 5.82 Å². The second-order valence-corrected chi connectivity index (χ2v) is 6.27. The zero-order valence-corrected chi connectivity index (χ0v) is 15.3. The van der Waals surface area contributed by atoms with Crippen molar-refractivity contribution < 1.29 is 28.2 Å². The fourth-order valence-corrected chi connectivity index (χ4v) is 2.87. The normalized spacial score (nSPS) is 13.7. The number of ketones is 1. The lowest BCUT2D eigenvalue weighted by Gasteiger charge is -2.06. The molecule has 0 aromatic heterocycles. The summed E-state index contributed by atoms with van der Waals surface area (Å²) in [5.74, 6) is -0.0605. The van der Waals surface area contributed by atoms with Crippen molar-refractivity contribution in [3.63, 3.8) is 0 Å². The molecule has 3 aromatic rings. The Kier molecular flexibility index (Phi) is 4.83. The van der Waals surface area contributed by atoms with E-state index in [2.05, 4.69) is 0 Å². The molecule has 144 valence electrons. The summed E-state index contributed by atoms with van der Waals surface area (Å²) in [6.07, 6.45) is 1.47. The summed E-state index contributed by atoms with van der Waals surface area (Å²) in [6, 6.07) is 16.8. The number of carbonyl (C=O) groups excluding carboxylic acids is 2. The Bertz CT molecular complexity index is 1130. The van der Waals surface area contributed by atoms with E-state index in [4.69, 9.17) is 14.2 Å². The lowest BCUT2D eigenvalue weighted by molar-refractivity contribution is 0.0734. The van der Waals surface area contributed by atoms with E-state index in [1.807, 2.05) is 0 Å². The third-order valence-electron chi connectivity index (χ3n) is 4.32. The van der Waals surface area contributed by atoms with Gasteiger partial charge in [0.2, 0.25) is 5.78 Å². The molecule has 4 rings (SSSR count). The number of rotatable bonds is 4. The minimum Gasteiger partial charge on any atom is -0.497 e. The van der Waals surface area contributed by atoms with E-state index in [0.29, 0.717) is 22.4 Å². The van der Waals surface area contributed by atoms with Crippen LogP contribution in [0.3, 0.4) is 0 Å². The average molecular weight is 390 g/mol. The van der Waals surface area contributed by atoms with Gasteiger partial charge in [-0.1, -0.05) is 12.1 Å². The molecule has 1 aliphatic heterocycles. The number of Topliss-reactive ketones (excluding diaryl/α,β-unsaturated/α-hetero) is 1. The van der Waals surface area contributed by atoms with E-state index >= 15 is 0 Å². The molecule has 0 amide bonds. The number of carbonyl (C=O) groups is 2. The quantitative estimate of drug-likeness (QED) is 0.368. The van der Waals surface area contributed by atoms with Crippen LogP contribution in [-0.4, -0.2) is 18.9 Å². The molecule has 0 saturated carbocycles. The van der Waals surface area contributed by atoms with Crippen LogP contribution in [0.5, 0.6) is 17.2 Å². The summed E-state index contributed by atoms with van der Waals surface area (Å²) in [5.41, 5.74) is 1.21. The van der Waals surface area contributed by atoms with Crippen molar-refractivity contribution in [2.75, 3.05) is 7.11 Å². The smallest absolute Gasteiger partial charge is 0.343 e. The minimum absolute atomic E-state index is 0.0734. The van der Waals surface area contributed by atoms with Crippen molar-refractivity contribution in [2.45, 2.75) is 0 Å². The van der Waals surface area contributed by atoms with Gasteiger partial charge in [0.15, 0.2) is 5.76 Å². The molecule has 0 bridgehead atoms. The van der Waals surface area contributed by atoms with Gasteiger partial charge in [0.1, 0.15) is 23.1 Å². The molecule has 1 aliphatic rings. The first-order valence-corrected chi connectivity index (χ1v) is 8.73. The summed E-state index contributed by atoms with van der Waals surface area (Å²) in [6.45, 7) is 0. The van der Waals surface area contributed by atoms with Gasteiger partial charge in [-0.2, -0.15) is 0 Å². The third-order valence-corrected chi connectivity index (χ3v) is 4.32. The molecular formula is C23H15FO5. The van der Waals surface area contributed by atoms with Crippen molar-refractivity contribution in [2.24, 2.45) is 0 Å². The molecule has 0 unspecified atom stereocenters. The van der Waals surface area contributed by atoms with Gasteiger partial charge in [-0.15, -0.1) is 0 Å². The first kappa shape index (κ1) is 18.4. The van der Waals surface area contributed by atoms with Crippen LogP contribution in [0.4, 0.5) is 4.39 Å². The Hall–Kier alpha value is -3.93. The lowest BCUT2D eigenvalue weighted by atomic mass is 10.1. The van der Waals surface area contributed by atoms with Crippen LogP contribution in [0.2, 0.25) is 0 Å². The van der Waals surface area contributed by atoms with Crippen molar-refractivity contribution in [3.05, 3.63) is 95.0 Å². The highest BCUT2D eigenvalue weighted by molar-refractivity contribution is 6.14. The van der Waals surface area contributed by atoms with Crippen molar-refractivity contribution in [1.82, 2.24) is 0 Å². The summed E-state index contributed by atoms with van der Waals surface area (Å²) in [4.78, 5) is 24.8. The number of hydrogen-bond donors (Lipinski definition) is 0. The fourth-order valence-electron chi connectivity index (χ4n) is 2.87. The molecule has 6 heteroatoms. The molecule has 0 saturated heterocycles. The monoisotopic (exact) mass is 390 g/mol. The zero-order valence-electron chi connectivity index (χ0n) is 15.3. The average Bonchev–Trinajstić information content (AvgIpc) is 3.03. The Labute approximate surface area is 166 Å². The molecule has 0 radical (unpaired) electrons. The van der Waals surface area contributed by atoms with E-state index in [1.165, 1.54) is 43.5 Å². The summed E-state index contributed by atoms with van der Waals surface area (Å²) in [5, 5.41) is 0. The van der Waals surface area contributed by atoms with Crippen LogP contribution in [0.25, 0.3) is 6.08 Å². The first-order chi connectivity index (χ1) is 14.0. The van der Waals surface area contributed by atoms with Crippen molar-refractivity contribution in [3.8, 4) is 17.2 Å². The highest BCUT2D eigenvalue weighted by atomic mass is 19.1. The number of ether oxygens (including phenoxy) is 3. The number of methoxy groups -OCH3 is 1. The number of fused-ring (bicyclic) bond motifs is 1. The van der Waals surface area contributed by atoms with Crippen LogP contribution in [0.15, 0.2) is 72.5 Å². The Balaban J connectivity index is 1.53. The highest BCUT2D eigenvalue weighted by Crippen LogP contribution is 2.35. The number of halogens is 1. The predicted octanol–water partition coefficient (Wildman–Crippen LogP) is 4.67. The minimum atomic E-state index is -0.549. The van der Waals surface area contributed by atoms with Gasteiger partial charge in [-0.3, -0.25) is 4.79 Å². The Morgan fingerprint density at radius 3 is 2.48 bits per heavy atom. The molecule has 3 aromatic carbocycles. The maximum absolute atomic E-state index is 13.3. The zero-order chi connectivity index (χ0) is 20.4. The third kappa shape index (κ3) is 3.87. The number of allylic oxidation sites excluding steroid dienone is 1. The van der Waals surface area contributed by atoms with E-state index in [9.17, 15) is 14.0 Å². The fraction of sp³-hybridized carbons (Fsp3) is 0.0435. The topological polar surface area (TPSA) is 61.8 Å². The van der Waals surface area contributed by atoms with E-state index in [0.717, 1.165) is 0 Å². The molecular weight excluding hydrogens is 375 g/mol. The maximum atomic E-state index is 13.3. The molecule has 0 N–H and O–H groups in total. The van der Waals surface area contributed by atoms with Gasteiger partial charge in [-0.25, -0.2) is 9.18 Å². The second-order valence-electron chi connectivity index (χ2n) is 6.27. The van der Waals surface area contributed by atoms with Gasteiger partial charge in [0.25, 0.3) is 0 Å². The van der Waals surface area contributed by atoms with Crippen LogP contribution < -0.4 is 14.2 Å². The molecule has 0 fully saturated rings. The number of hydrogen-bond acceptors (Lipinski definition) is 5. The van der Waals surface area contributed by atoms with Gasteiger partial charge >= 0.3 is 5.97 Å². The van der Waals surface area contributed by atoms with Crippen LogP contribution >= 0.6 is 0 Å². The Morgan fingerprint density at radius 2 is 1.76 bits per heavy atom. The first-order valence-electron chi connectivity index (χ1n) is 8.73. The van der Waals surface area contributed by atoms with Gasteiger partial charge in [0, 0.05) is 6.07 Å². The van der Waals surface area contributed by atoms with Crippen LogP contribution in [0.1, 0.15) is 26.3 Å². The van der Waals surface area contributed by atoms with E-state index < -0.39 is 11.8 Å². The van der Waals surface area contributed by atoms with Crippen LogP contribution in [-0.2, 0) is 0 Å². The summed E-state index contributed by atoms with van der Waals surface area (Å²) < 4.78 is 29.4. The molecule has 5 nitrogen and oxygen atoms in total. The highest BCUT2D eigenvalue weighted by Gasteiger charge is 2.28.